The molecular formula is C21H19FN4O3. The van der Waals surface area contributed by atoms with E-state index in [1.165, 1.54) is 31.6 Å². The molecule has 148 valence electrons. The molecule has 0 aliphatic carbocycles. The zero-order chi connectivity index (χ0) is 20.8. The summed E-state index contributed by atoms with van der Waals surface area (Å²) < 4.78 is 18.2. The van der Waals surface area contributed by atoms with Gasteiger partial charge in [0.15, 0.2) is 11.5 Å². The van der Waals surface area contributed by atoms with Gasteiger partial charge in [0.1, 0.15) is 11.6 Å². The summed E-state index contributed by atoms with van der Waals surface area (Å²) in [5.74, 6) is -0.647. The van der Waals surface area contributed by atoms with Crippen molar-refractivity contribution >= 4 is 17.6 Å². The predicted molar refractivity (Wildman–Crippen MR) is 105 cm³/mol. The van der Waals surface area contributed by atoms with E-state index >= 15 is 0 Å². The number of amides is 2. The van der Waals surface area contributed by atoms with Gasteiger partial charge in [0.05, 0.1) is 13.2 Å². The second-order valence-electron chi connectivity index (χ2n) is 6.18. The topological polar surface area (TPSA) is 93.2 Å². The molecule has 2 aromatic carbocycles. The molecule has 1 atom stereocenters. The molecule has 7 nitrogen and oxygen atoms in total. The van der Waals surface area contributed by atoms with Crippen LogP contribution in [0.25, 0.3) is 0 Å². The lowest BCUT2D eigenvalue weighted by Gasteiger charge is -2.15. The summed E-state index contributed by atoms with van der Waals surface area (Å²) in [6.45, 7) is 1.76. The molecule has 2 amide bonds. The Balaban J connectivity index is 1.74. The molecule has 0 saturated carbocycles. The number of hydrogen-bond donors (Lipinski definition) is 2. The summed E-state index contributed by atoms with van der Waals surface area (Å²) in [4.78, 5) is 33.2. The summed E-state index contributed by atoms with van der Waals surface area (Å²) in [6, 6.07) is 11.9. The second-order valence-corrected chi connectivity index (χ2v) is 6.18. The van der Waals surface area contributed by atoms with Crippen LogP contribution in [0.2, 0.25) is 0 Å². The van der Waals surface area contributed by atoms with Gasteiger partial charge in [-0.15, -0.1) is 0 Å². The molecular weight excluding hydrogens is 375 g/mol. The second kappa shape index (κ2) is 8.92. The predicted octanol–water partition coefficient (Wildman–Crippen LogP) is 3.37. The number of hydrogen-bond acceptors (Lipinski definition) is 5. The molecule has 0 fully saturated rings. The van der Waals surface area contributed by atoms with Crippen molar-refractivity contribution in [3.05, 3.63) is 83.6 Å². The number of anilines is 1. The van der Waals surface area contributed by atoms with Crippen LogP contribution in [0.5, 0.6) is 5.75 Å². The van der Waals surface area contributed by atoms with E-state index in [-0.39, 0.29) is 17.3 Å². The molecule has 1 aromatic heterocycles. The van der Waals surface area contributed by atoms with E-state index in [0.717, 1.165) is 5.56 Å². The van der Waals surface area contributed by atoms with E-state index in [1.807, 2.05) is 0 Å². The molecule has 0 saturated heterocycles. The van der Waals surface area contributed by atoms with Crippen LogP contribution >= 0.6 is 0 Å². The first kappa shape index (κ1) is 19.9. The van der Waals surface area contributed by atoms with Crippen LogP contribution in [0.3, 0.4) is 0 Å². The third-order valence-electron chi connectivity index (χ3n) is 4.22. The van der Waals surface area contributed by atoms with Crippen LogP contribution in [0.4, 0.5) is 10.2 Å². The molecule has 0 bridgehead atoms. The van der Waals surface area contributed by atoms with Gasteiger partial charge in [-0.05, 0) is 48.9 Å². The van der Waals surface area contributed by atoms with Gasteiger partial charge >= 0.3 is 0 Å². The van der Waals surface area contributed by atoms with Crippen LogP contribution in [0.1, 0.15) is 39.4 Å². The minimum Gasteiger partial charge on any atom is -0.497 e. The number of ether oxygens (including phenoxy) is 1. The fraction of sp³-hybridized carbons (Fsp3) is 0.143. The molecule has 0 radical (unpaired) electrons. The highest BCUT2D eigenvalue weighted by atomic mass is 19.1. The standard InChI is InChI=1S/C21H19FN4O3/c1-13(14-3-7-16(22)8-4-14)25-21(28)18-19(24-12-11-23-18)26-20(27)15-5-9-17(29-2)10-6-15/h3-13H,1-2H3,(H,25,28)(H,24,26,27). The number of nitrogens with zero attached hydrogens (tertiary/aromatic N) is 2. The maximum absolute atomic E-state index is 13.1. The van der Waals surface area contributed by atoms with Crippen LogP contribution in [-0.2, 0) is 0 Å². The zero-order valence-electron chi connectivity index (χ0n) is 15.8. The molecule has 0 aliphatic heterocycles. The van der Waals surface area contributed by atoms with Gasteiger partial charge in [-0.1, -0.05) is 12.1 Å². The Morgan fingerprint density at radius 1 is 0.966 bits per heavy atom. The fourth-order valence-corrected chi connectivity index (χ4v) is 2.62. The third kappa shape index (κ3) is 4.92. The summed E-state index contributed by atoms with van der Waals surface area (Å²) >= 11 is 0. The first-order chi connectivity index (χ1) is 14.0. The van der Waals surface area contributed by atoms with Crippen LogP contribution in [-0.4, -0.2) is 28.9 Å². The van der Waals surface area contributed by atoms with Gasteiger partial charge in [0.25, 0.3) is 11.8 Å². The smallest absolute Gasteiger partial charge is 0.274 e. The lowest BCUT2D eigenvalue weighted by Crippen LogP contribution is -2.29. The van der Waals surface area contributed by atoms with E-state index in [2.05, 4.69) is 20.6 Å². The Morgan fingerprint density at radius 2 is 1.62 bits per heavy atom. The van der Waals surface area contributed by atoms with Crippen LogP contribution in [0, 0.1) is 5.82 Å². The summed E-state index contributed by atoms with van der Waals surface area (Å²) in [6.07, 6.45) is 2.74. The average Bonchev–Trinajstić information content (AvgIpc) is 2.74. The van der Waals surface area contributed by atoms with E-state index in [1.54, 1.807) is 43.3 Å². The van der Waals surface area contributed by atoms with Crippen LogP contribution < -0.4 is 15.4 Å². The van der Waals surface area contributed by atoms with Crippen molar-refractivity contribution in [3.8, 4) is 5.75 Å². The van der Waals surface area contributed by atoms with Gasteiger partial charge in [-0.25, -0.2) is 14.4 Å². The number of halogens is 1. The highest BCUT2D eigenvalue weighted by Crippen LogP contribution is 2.17. The van der Waals surface area contributed by atoms with Gasteiger partial charge in [-0.3, -0.25) is 9.59 Å². The van der Waals surface area contributed by atoms with Crippen LogP contribution in [0.15, 0.2) is 60.9 Å². The quantitative estimate of drug-likeness (QED) is 0.669. The normalized spacial score (nSPS) is 11.4. The maximum Gasteiger partial charge on any atom is 0.274 e. The van der Waals surface area contributed by atoms with E-state index in [4.69, 9.17) is 4.74 Å². The Bertz CT molecular complexity index is 1010. The van der Waals surface area contributed by atoms with Crippen molar-refractivity contribution in [1.29, 1.82) is 0 Å². The minimum atomic E-state index is -0.514. The van der Waals surface area contributed by atoms with Crippen molar-refractivity contribution in [1.82, 2.24) is 15.3 Å². The van der Waals surface area contributed by atoms with Crippen molar-refractivity contribution in [2.75, 3.05) is 12.4 Å². The van der Waals surface area contributed by atoms with Gasteiger partial charge in [-0.2, -0.15) is 0 Å². The zero-order valence-corrected chi connectivity index (χ0v) is 15.8. The third-order valence-corrected chi connectivity index (χ3v) is 4.22. The van der Waals surface area contributed by atoms with Crippen molar-refractivity contribution in [2.24, 2.45) is 0 Å². The van der Waals surface area contributed by atoms with E-state index in [0.29, 0.717) is 11.3 Å². The summed E-state index contributed by atoms with van der Waals surface area (Å²) in [5.41, 5.74) is 1.08. The van der Waals surface area contributed by atoms with Crippen molar-refractivity contribution in [2.45, 2.75) is 13.0 Å². The number of carbonyl (C=O) groups is 2. The summed E-state index contributed by atoms with van der Waals surface area (Å²) in [5, 5.41) is 5.37. The molecule has 3 rings (SSSR count). The largest absolute Gasteiger partial charge is 0.497 e. The molecule has 0 spiro atoms. The fourth-order valence-electron chi connectivity index (χ4n) is 2.62. The lowest BCUT2D eigenvalue weighted by molar-refractivity contribution is 0.0935. The number of nitrogens with one attached hydrogen (secondary N) is 2. The average molecular weight is 394 g/mol. The van der Waals surface area contributed by atoms with Crippen molar-refractivity contribution < 1.29 is 18.7 Å². The Hall–Kier alpha value is -3.81. The monoisotopic (exact) mass is 394 g/mol. The number of carbonyl (C=O) groups excluding carboxylic acids is 2. The molecule has 1 unspecified atom stereocenters. The first-order valence-corrected chi connectivity index (χ1v) is 8.80. The molecule has 2 N–H and O–H groups in total. The molecule has 29 heavy (non-hydrogen) atoms. The number of rotatable bonds is 6. The first-order valence-electron chi connectivity index (χ1n) is 8.80. The highest BCUT2D eigenvalue weighted by molar-refractivity contribution is 6.07. The van der Waals surface area contributed by atoms with E-state index < -0.39 is 17.9 Å². The maximum atomic E-state index is 13.1. The molecule has 0 aliphatic rings. The number of aromatic nitrogens is 2. The van der Waals surface area contributed by atoms with E-state index in [9.17, 15) is 14.0 Å². The van der Waals surface area contributed by atoms with Crippen molar-refractivity contribution in [3.63, 3.8) is 0 Å². The highest BCUT2D eigenvalue weighted by Gasteiger charge is 2.19. The Labute approximate surface area is 167 Å². The molecule has 1 heterocycles. The Kier molecular flexibility index (Phi) is 6.13. The van der Waals surface area contributed by atoms with Gasteiger partial charge < -0.3 is 15.4 Å². The minimum absolute atomic E-state index is 0.0247. The SMILES string of the molecule is COc1ccc(C(=O)Nc2nccnc2C(=O)NC(C)c2ccc(F)cc2)cc1. The summed E-state index contributed by atoms with van der Waals surface area (Å²) in [7, 11) is 1.53. The molecule has 8 heteroatoms. The van der Waals surface area contributed by atoms with Gasteiger partial charge in [0.2, 0.25) is 0 Å². The number of methoxy groups -OCH3 is 1. The number of benzene rings is 2. The van der Waals surface area contributed by atoms with Gasteiger partial charge in [0, 0.05) is 18.0 Å². The Morgan fingerprint density at radius 3 is 2.28 bits per heavy atom. The molecule has 3 aromatic rings. The lowest BCUT2D eigenvalue weighted by atomic mass is 10.1.